The summed E-state index contributed by atoms with van der Waals surface area (Å²) < 4.78 is 0. The van der Waals surface area contributed by atoms with Gasteiger partial charge in [-0.05, 0) is 5.39 Å². The molecule has 1 radical (unpaired) electrons. The average molecular weight is 160 g/mol. The van der Waals surface area contributed by atoms with Crippen molar-refractivity contribution in [2.24, 2.45) is 0 Å². The highest BCUT2D eigenvalue weighted by Crippen LogP contribution is 2.15. The maximum Gasteiger partial charge on any atom is 0.0820 e. The molecule has 1 aromatic carbocycles. The predicted molar refractivity (Wildman–Crippen MR) is 50.0 cm³/mol. The molecule has 11 heavy (non-hydrogen) atoms. The standard InChI is InChI=1S/C9H6NS/c11-6-9-8-4-2-1-3-7(8)5-10-9/h1-5,10H. The number of fused-ring (bicyclic) bond motifs is 1. The normalized spacial score (nSPS) is 10.2. The number of benzene rings is 1. The van der Waals surface area contributed by atoms with Crippen LogP contribution in [-0.2, 0) is 0 Å². The first-order chi connectivity index (χ1) is 5.42. The van der Waals surface area contributed by atoms with Crippen LogP contribution in [0.3, 0.4) is 0 Å². The molecule has 0 aliphatic carbocycles. The Morgan fingerprint density at radius 3 is 2.91 bits per heavy atom. The second kappa shape index (κ2) is 2.47. The predicted octanol–water partition coefficient (Wildman–Crippen LogP) is 2.39. The Labute approximate surface area is 70.0 Å². The molecule has 1 nitrogen and oxygen atoms in total. The van der Waals surface area contributed by atoms with Gasteiger partial charge in [-0.3, -0.25) is 0 Å². The number of thiocarbonyl (C=S) groups is 1. The van der Waals surface area contributed by atoms with Crippen molar-refractivity contribution >= 4 is 28.4 Å². The van der Waals surface area contributed by atoms with Crippen LogP contribution in [0.2, 0.25) is 0 Å². The van der Waals surface area contributed by atoms with Gasteiger partial charge in [0, 0.05) is 11.6 Å². The molecule has 0 unspecified atom stereocenters. The minimum absolute atomic E-state index is 0.899. The molecule has 2 rings (SSSR count). The van der Waals surface area contributed by atoms with Crippen LogP contribution in [0.5, 0.6) is 0 Å². The fourth-order valence-electron chi connectivity index (χ4n) is 1.16. The van der Waals surface area contributed by atoms with Gasteiger partial charge in [0.2, 0.25) is 0 Å². The highest BCUT2D eigenvalue weighted by Gasteiger charge is 1.97. The zero-order valence-corrected chi connectivity index (χ0v) is 6.61. The molecule has 0 spiro atoms. The molecule has 2 heteroatoms. The van der Waals surface area contributed by atoms with Crippen molar-refractivity contribution in [2.45, 2.75) is 0 Å². The van der Waals surface area contributed by atoms with Crippen LogP contribution >= 0.6 is 12.2 Å². The molecule has 2 aromatic rings. The maximum absolute atomic E-state index is 4.72. The zero-order valence-electron chi connectivity index (χ0n) is 5.79. The Bertz CT molecular complexity index is 389. The van der Waals surface area contributed by atoms with Crippen molar-refractivity contribution in [3.63, 3.8) is 0 Å². The second-order valence-electron chi connectivity index (χ2n) is 2.35. The number of H-pyrrole nitrogens is 1. The van der Waals surface area contributed by atoms with E-state index < -0.39 is 0 Å². The fourth-order valence-corrected chi connectivity index (χ4v) is 1.33. The van der Waals surface area contributed by atoms with Gasteiger partial charge in [0.25, 0.3) is 0 Å². The van der Waals surface area contributed by atoms with E-state index in [4.69, 9.17) is 12.2 Å². The summed E-state index contributed by atoms with van der Waals surface area (Å²) in [6.45, 7) is 0. The molecule has 0 bridgehead atoms. The minimum Gasteiger partial charge on any atom is -0.359 e. The smallest absolute Gasteiger partial charge is 0.0820 e. The fraction of sp³-hybridized carbons (Fsp3) is 0. The molecule has 0 amide bonds. The zero-order chi connectivity index (χ0) is 7.68. The van der Waals surface area contributed by atoms with Gasteiger partial charge in [0.15, 0.2) is 0 Å². The third-order valence-electron chi connectivity index (χ3n) is 1.70. The number of nitrogens with one attached hydrogen (secondary N) is 1. The number of hydrogen-bond donors (Lipinski definition) is 1. The van der Waals surface area contributed by atoms with Gasteiger partial charge >= 0.3 is 0 Å². The molecule has 0 aliphatic heterocycles. The molecule has 0 saturated carbocycles. The van der Waals surface area contributed by atoms with E-state index in [1.165, 1.54) is 5.39 Å². The molecule has 53 valence electrons. The van der Waals surface area contributed by atoms with Gasteiger partial charge in [-0.15, -0.1) is 0 Å². The SMILES string of the molecule is S=[C]c1[nH]cc2ccccc12. The van der Waals surface area contributed by atoms with Crippen molar-refractivity contribution in [2.75, 3.05) is 0 Å². The van der Waals surface area contributed by atoms with Gasteiger partial charge < -0.3 is 4.98 Å². The highest BCUT2D eigenvalue weighted by atomic mass is 32.1. The van der Waals surface area contributed by atoms with Crippen LogP contribution in [-0.4, -0.2) is 10.4 Å². The summed E-state index contributed by atoms with van der Waals surface area (Å²) in [5.74, 6) is 0. The minimum atomic E-state index is 0.899. The van der Waals surface area contributed by atoms with Crippen molar-refractivity contribution in [3.8, 4) is 0 Å². The third kappa shape index (κ3) is 0.955. The number of aromatic amines is 1. The van der Waals surface area contributed by atoms with Crippen LogP contribution < -0.4 is 0 Å². The van der Waals surface area contributed by atoms with Crippen LogP contribution in [0, 0.1) is 0 Å². The van der Waals surface area contributed by atoms with Crippen LogP contribution in [0.25, 0.3) is 10.8 Å². The van der Waals surface area contributed by atoms with Crippen molar-refractivity contribution in [3.05, 3.63) is 36.2 Å². The molecule has 1 heterocycles. The summed E-state index contributed by atoms with van der Waals surface area (Å²) in [7, 11) is 0. The first kappa shape index (κ1) is 6.55. The Morgan fingerprint density at radius 1 is 1.27 bits per heavy atom. The van der Waals surface area contributed by atoms with E-state index in [0.717, 1.165) is 11.1 Å². The van der Waals surface area contributed by atoms with Crippen molar-refractivity contribution in [1.82, 2.24) is 4.98 Å². The molecule has 0 fully saturated rings. The monoisotopic (exact) mass is 160 g/mol. The Morgan fingerprint density at radius 2 is 2.09 bits per heavy atom. The van der Waals surface area contributed by atoms with E-state index in [1.54, 1.807) is 0 Å². The van der Waals surface area contributed by atoms with Crippen molar-refractivity contribution < 1.29 is 0 Å². The van der Waals surface area contributed by atoms with E-state index in [1.807, 2.05) is 30.5 Å². The molecule has 0 aliphatic rings. The quantitative estimate of drug-likeness (QED) is 0.633. The van der Waals surface area contributed by atoms with E-state index in [9.17, 15) is 0 Å². The molecule has 1 aromatic heterocycles. The summed E-state index contributed by atoms with van der Waals surface area (Å²) in [5.41, 5.74) is 0.899. The van der Waals surface area contributed by atoms with E-state index >= 15 is 0 Å². The summed E-state index contributed by atoms with van der Waals surface area (Å²) in [6, 6.07) is 8.07. The maximum atomic E-state index is 4.72. The Kier molecular flexibility index (Phi) is 1.47. The number of rotatable bonds is 1. The lowest BCUT2D eigenvalue weighted by molar-refractivity contribution is 1.41. The van der Waals surface area contributed by atoms with E-state index in [0.29, 0.717) is 0 Å². The second-order valence-corrected chi connectivity index (χ2v) is 2.56. The Hall–Kier alpha value is -1.15. The summed E-state index contributed by atoms with van der Waals surface area (Å²) in [4.78, 5) is 3.05. The lowest BCUT2D eigenvalue weighted by Crippen LogP contribution is -1.75. The number of aromatic nitrogens is 1. The van der Waals surface area contributed by atoms with Crippen LogP contribution in [0.4, 0.5) is 0 Å². The van der Waals surface area contributed by atoms with E-state index in [-0.39, 0.29) is 0 Å². The lowest BCUT2D eigenvalue weighted by Gasteiger charge is -1.86. The summed E-state index contributed by atoms with van der Waals surface area (Å²) in [6.07, 6.45) is 1.93. The van der Waals surface area contributed by atoms with Crippen LogP contribution in [0.1, 0.15) is 5.69 Å². The summed E-state index contributed by atoms with van der Waals surface area (Å²) >= 11 is 4.72. The summed E-state index contributed by atoms with van der Waals surface area (Å²) in [5, 5.41) is 5.00. The molecule has 1 N–H and O–H groups in total. The first-order valence-corrected chi connectivity index (χ1v) is 3.77. The average Bonchev–Trinajstić information content (AvgIpc) is 2.47. The molecule has 0 atom stereocenters. The first-order valence-electron chi connectivity index (χ1n) is 3.36. The van der Waals surface area contributed by atoms with Gasteiger partial charge in [-0.25, -0.2) is 0 Å². The molecule has 0 saturated heterocycles. The van der Waals surface area contributed by atoms with Crippen LogP contribution in [0.15, 0.2) is 30.5 Å². The van der Waals surface area contributed by atoms with Gasteiger partial charge in [-0.1, -0.05) is 36.5 Å². The molecular weight excluding hydrogens is 154 g/mol. The highest BCUT2D eigenvalue weighted by molar-refractivity contribution is 7.79. The Balaban J connectivity index is 2.86. The van der Waals surface area contributed by atoms with Gasteiger partial charge in [0.1, 0.15) is 0 Å². The van der Waals surface area contributed by atoms with Gasteiger partial charge in [-0.2, -0.15) is 0 Å². The van der Waals surface area contributed by atoms with E-state index in [2.05, 4.69) is 10.4 Å². The van der Waals surface area contributed by atoms with Gasteiger partial charge in [0.05, 0.1) is 11.1 Å². The topological polar surface area (TPSA) is 15.8 Å². The van der Waals surface area contributed by atoms with Crippen molar-refractivity contribution in [1.29, 1.82) is 0 Å². The largest absolute Gasteiger partial charge is 0.359 e. The lowest BCUT2D eigenvalue weighted by atomic mass is 10.2. The molecular formula is C9H6NS. The third-order valence-corrected chi connectivity index (χ3v) is 1.91. The number of hydrogen-bond acceptors (Lipinski definition) is 1.